The monoisotopic (exact) mass is 310 g/mol. The first kappa shape index (κ1) is 27.8. The zero-order valence-corrected chi connectivity index (χ0v) is 13.3. The third kappa shape index (κ3) is 8.71. The van der Waals surface area contributed by atoms with Gasteiger partial charge in [0.2, 0.25) is 0 Å². The number of benzene rings is 1. The van der Waals surface area contributed by atoms with Gasteiger partial charge >= 0.3 is 64.4 Å². The Balaban J connectivity index is -0.00000120. The third-order valence-corrected chi connectivity index (χ3v) is 3.31. The van der Waals surface area contributed by atoms with E-state index in [1.54, 1.807) is 6.07 Å². The van der Waals surface area contributed by atoms with Gasteiger partial charge in [0.05, 0.1) is 0 Å². The Kier molecular flexibility index (Phi) is 11.9. The summed E-state index contributed by atoms with van der Waals surface area (Å²) in [5.41, 5.74) is 1.62. The van der Waals surface area contributed by atoms with Crippen LogP contribution in [0.1, 0.15) is 52.7 Å². The van der Waals surface area contributed by atoms with Crippen molar-refractivity contribution < 1.29 is 18.9 Å². The van der Waals surface area contributed by atoms with E-state index in [0.717, 1.165) is 11.1 Å². The fourth-order valence-corrected chi connectivity index (χ4v) is 2.21. The Bertz CT molecular complexity index is 516. The zero-order valence-electron chi connectivity index (χ0n) is 12.4. The molecule has 1 aromatic carbocycles. The van der Waals surface area contributed by atoms with Gasteiger partial charge in [-0.25, -0.2) is 4.57 Å². The molecular formula is C14H26Li3O4P. The van der Waals surface area contributed by atoms with Crippen LogP contribution in [0, 0.1) is 0 Å². The topological polar surface area (TPSA) is 66.8 Å². The molecule has 1 rings (SSSR count). The Hall–Kier alpha value is 0.962. The minimum atomic E-state index is -4.54. The molecule has 0 aliphatic heterocycles. The summed E-state index contributed by atoms with van der Waals surface area (Å²) in [6.45, 7) is 12.2. The van der Waals surface area contributed by atoms with Crippen molar-refractivity contribution in [3.8, 4) is 5.75 Å². The number of hydrogen-bond acceptors (Lipinski definition) is 2. The standard InChI is InChI=1S/C14H23O4P.3Li.3H/c1-13(2,3)10-7-8-12(18-19(15,16)17)11(9-10)14(4,5)6;;;;;;/h7-9H,1-6H3,(H2,15,16,17);;;;;;. The molecule has 0 radical (unpaired) electrons. The summed E-state index contributed by atoms with van der Waals surface area (Å²) >= 11 is 0. The molecule has 0 heterocycles. The van der Waals surface area contributed by atoms with Gasteiger partial charge in [-0.3, -0.25) is 9.79 Å². The average molecular weight is 310 g/mol. The van der Waals surface area contributed by atoms with Gasteiger partial charge in [-0.1, -0.05) is 53.7 Å². The van der Waals surface area contributed by atoms with Gasteiger partial charge in [0.1, 0.15) is 5.75 Å². The molecule has 0 amide bonds. The predicted octanol–water partition coefficient (Wildman–Crippen LogP) is 1.81. The van der Waals surface area contributed by atoms with E-state index in [0.29, 0.717) is 0 Å². The first-order valence-electron chi connectivity index (χ1n) is 6.21. The molecule has 0 aliphatic rings. The van der Waals surface area contributed by atoms with Gasteiger partial charge in [0.15, 0.2) is 0 Å². The van der Waals surface area contributed by atoms with Crippen molar-refractivity contribution >= 4 is 64.4 Å². The quantitative estimate of drug-likeness (QED) is 0.646. The van der Waals surface area contributed by atoms with E-state index < -0.39 is 7.82 Å². The van der Waals surface area contributed by atoms with Gasteiger partial charge < -0.3 is 4.52 Å². The van der Waals surface area contributed by atoms with Crippen molar-refractivity contribution in [3.05, 3.63) is 29.3 Å². The Morgan fingerprint density at radius 1 is 0.909 bits per heavy atom. The number of rotatable bonds is 2. The summed E-state index contributed by atoms with van der Waals surface area (Å²) in [4.78, 5) is 18.0. The number of phosphoric acid groups is 1. The third-order valence-electron chi connectivity index (χ3n) is 2.87. The second-order valence-electron chi connectivity index (χ2n) is 6.79. The summed E-state index contributed by atoms with van der Waals surface area (Å²) in [7, 11) is -4.54. The van der Waals surface area contributed by atoms with Crippen molar-refractivity contribution in [2.45, 2.75) is 52.4 Å². The molecule has 114 valence electrons. The molecule has 4 nitrogen and oxygen atoms in total. The van der Waals surface area contributed by atoms with Crippen LogP contribution >= 0.6 is 7.82 Å². The van der Waals surface area contributed by atoms with E-state index in [-0.39, 0.29) is 73.2 Å². The van der Waals surface area contributed by atoms with E-state index in [1.807, 2.05) is 32.9 Å². The van der Waals surface area contributed by atoms with Crippen molar-refractivity contribution in [3.63, 3.8) is 0 Å². The van der Waals surface area contributed by atoms with E-state index in [2.05, 4.69) is 20.8 Å². The van der Waals surface area contributed by atoms with Crippen LogP contribution in [-0.4, -0.2) is 66.4 Å². The molecule has 0 bridgehead atoms. The molecule has 22 heavy (non-hydrogen) atoms. The maximum absolute atomic E-state index is 11.0. The van der Waals surface area contributed by atoms with Crippen molar-refractivity contribution in [2.24, 2.45) is 0 Å². The summed E-state index contributed by atoms with van der Waals surface area (Å²) < 4.78 is 15.8. The van der Waals surface area contributed by atoms with E-state index in [1.165, 1.54) is 0 Å². The molecule has 0 unspecified atom stereocenters. The Morgan fingerprint density at radius 3 is 1.68 bits per heavy atom. The summed E-state index contributed by atoms with van der Waals surface area (Å²) in [5, 5.41) is 0. The van der Waals surface area contributed by atoms with E-state index in [9.17, 15) is 4.57 Å². The Labute approximate surface area is 169 Å². The van der Waals surface area contributed by atoms with Gasteiger partial charge in [-0.15, -0.1) is 0 Å². The maximum atomic E-state index is 11.0. The number of phosphoric ester groups is 1. The summed E-state index contributed by atoms with van der Waals surface area (Å²) in [6, 6.07) is 5.45. The van der Waals surface area contributed by atoms with Gasteiger partial charge in [-0.2, -0.15) is 0 Å². The average Bonchev–Trinajstić information content (AvgIpc) is 2.11. The SMILES string of the molecule is CC(C)(C)c1ccc(OP(=O)(O)O)c(C(C)(C)C)c1.[LiH].[LiH].[LiH]. The molecule has 0 atom stereocenters. The fourth-order valence-electron chi connectivity index (χ4n) is 1.79. The fraction of sp³-hybridized carbons (Fsp3) is 0.571. The van der Waals surface area contributed by atoms with Crippen LogP contribution in [0.25, 0.3) is 0 Å². The van der Waals surface area contributed by atoms with E-state index >= 15 is 0 Å². The molecule has 0 spiro atoms. The molecule has 0 saturated carbocycles. The molecule has 0 aliphatic carbocycles. The first-order chi connectivity index (χ1) is 8.31. The molecule has 1 aromatic rings. The first-order valence-corrected chi connectivity index (χ1v) is 7.74. The van der Waals surface area contributed by atoms with Crippen LogP contribution in [0.2, 0.25) is 0 Å². The van der Waals surface area contributed by atoms with Gasteiger partial charge in [0, 0.05) is 5.56 Å². The van der Waals surface area contributed by atoms with E-state index in [4.69, 9.17) is 14.3 Å². The Morgan fingerprint density at radius 2 is 1.36 bits per heavy atom. The minimum absolute atomic E-state index is 0. The van der Waals surface area contributed by atoms with Crippen LogP contribution in [0.5, 0.6) is 5.75 Å². The van der Waals surface area contributed by atoms with Gasteiger partial charge in [-0.05, 0) is 22.5 Å². The van der Waals surface area contributed by atoms with Crippen LogP contribution < -0.4 is 4.52 Å². The second-order valence-corrected chi connectivity index (χ2v) is 7.96. The molecule has 8 heteroatoms. The number of hydrogen-bond donors (Lipinski definition) is 2. The normalized spacial score (nSPS) is 11.6. The second kappa shape index (κ2) is 9.45. The van der Waals surface area contributed by atoms with Gasteiger partial charge in [0.25, 0.3) is 0 Å². The predicted molar refractivity (Wildman–Crippen MR) is 98.0 cm³/mol. The summed E-state index contributed by atoms with van der Waals surface area (Å²) in [6.07, 6.45) is 0. The van der Waals surface area contributed by atoms with Crippen LogP contribution in [-0.2, 0) is 15.4 Å². The zero-order chi connectivity index (χ0) is 15.1. The van der Waals surface area contributed by atoms with Crippen molar-refractivity contribution in [2.75, 3.05) is 0 Å². The van der Waals surface area contributed by atoms with Crippen molar-refractivity contribution in [1.82, 2.24) is 0 Å². The van der Waals surface area contributed by atoms with Crippen molar-refractivity contribution in [1.29, 1.82) is 0 Å². The molecular weight excluding hydrogens is 284 g/mol. The molecule has 2 N–H and O–H groups in total. The summed E-state index contributed by atoms with van der Waals surface area (Å²) in [5.74, 6) is 0.244. The molecule has 0 fully saturated rings. The van der Waals surface area contributed by atoms with Crippen LogP contribution in [0.4, 0.5) is 0 Å². The molecule has 0 saturated heterocycles. The van der Waals surface area contributed by atoms with Crippen LogP contribution in [0.15, 0.2) is 18.2 Å². The molecule has 0 aromatic heterocycles. The van der Waals surface area contributed by atoms with Crippen LogP contribution in [0.3, 0.4) is 0 Å².